The van der Waals surface area contributed by atoms with Crippen molar-refractivity contribution in [3.63, 3.8) is 0 Å². The Bertz CT molecular complexity index is 849. The molecule has 7 nitrogen and oxygen atoms in total. The van der Waals surface area contributed by atoms with Crippen LogP contribution < -0.4 is 5.32 Å². The summed E-state index contributed by atoms with van der Waals surface area (Å²) in [6, 6.07) is 5.28. The largest absolute Gasteiger partial charge is 0.378 e. The van der Waals surface area contributed by atoms with Gasteiger partial charge in [-0.15, -0.1) is 11.8 Å². The second-order valence-corrected chi connectivity index (χ2v) is 7.21. The predicted octanol–water partition coefficient (Wildman–Crippen LogP) is 3.00. The zero-order valence-corrected chi connectivity index (χ0v) is 16.8. The summed E-state index contributed by atoms with van der Waals surface area (Å²) >= 11 is 7.71. The van der Waals surface area contributed by atoms with Crippen molar-refractivity contribution in [2.24, 2.45) is 0 Å². The number of nitrogens with one attached hydrogen (secondary N) is 1. The Morgan fingerprint density at radius 1 is 1.33 bits per heavy atom. The average molecular weight is 409 g/mol. The Morgan fingerprint density at radius 2 is 2.07 bits per heavy atom. The number of carbonyl (C=O) groups is 2. The van der Waals surface area contributed by atoms with E-state index in [2.05, 4.69) is 10.4 Å². The number of hydrogen-bond acceptors (Lipinski definition) is 5. The van der Waals surface area contributed by atoms with Crippen LogP contribution in [0.25, 0.3) is 0 Å². The highest BCUT2D eigenvalue weighted by molar-refractivity contribution is 7.98. The summed E-state index contributed by atoms with van der Waals surface area (Å²) in [6.07, 6.45) is 3.43. The number of rotatable bonds is 5. The Morgan fingerprint density at radius 3 is 2.74 bits per heavy atom. The monoisotopic (exact) mass is 408 g/mol. The van der Waals surface area contributed by atoms with E-state index < -0.39 is 0 Å². The Kier molecular flexibility index (Phi) is 6.41. The van der Waals surface area contributed by atoms with Gasteiger partial charge in [-0.25, -0.2) is 0 Å². The molecule has 1 aromatic carbocycles. The highest BCUT2D eigenvalue weighted by atomic mass is 35.5. The van der Waals surface area contributed by atoms with Gasteiger partial charge in [-0.05, 0) is 31.4 Å². The van der Waals surface area contributed by atoms with E-state index >= 15 is 0 Å². The van der Waals surface area contributed by atoms with E-state index in [1.165, 1.54) is 18.0 Å². The number of benzene rings is 1. The maximum absolute atomic E-state index is 13.0. The van der Waals surface area contributed by atoms with Crippen LogP contribution in [-0.4, -0.2) is 59.1 Å². The molecule has 0 saturated carbocycles. The highest BCUT2D eigenvalue weighted by Crippen LogP contribution is 2.25. The molecule has 2 amide bonds. The molecule has 1 N–H and O–H groups in total. The minimum absolute atomic E-state index is 0.170. The quantitative estimate of drug-likeness (QED) is 0.769. The number of halogens is 1. The number of aromatic nitrogens is 2. The predicted molar refractivity (Wildman–Crippen MR) is 106 cm³/mol. The second-order valence-electron chi connectivity index (χ2n) is 5.93. The molecule has 1 aliphatic rings. The molecule has 3 rings (SSSR count). The molecule has 0 radical (unpaired) electrons. The summed E-state index contributed by atoms with van der Waals surface area (Å²) in [6.45, 7) is 4.46. The van der Waals surface area contributed by atoms with Crippen molar-refractivity contribution in [3.8, 4) is 0 Å². The fourth-order valence-corrected chi connectivity index (χ4v) is 3.50. The lowest BCUT2D eigenvalue weighted by Crippen LogP contribution is -2.41. The fraction of sp³-hybridized carbons (Fsp3) is 0.389. The van der Waals surface area contributed by atoms with Crippen LogP contribution in [0, 0.1) is 0 Å². The van der Waals surface area contributed by atoms with Gasteiger partial charge in [0.25, 0.3) is 11.8 Å². The van der Waals surface area contributed by atoms with E-state index in [1.54, 1.807) is 21.7 Å². The lowest BCUT2D eigenvalue weighted by Gasteiger charge is -2.27. The van der Waals surface area contributed by atoms with Crippen molar-refractivity contribution in [3.05, 3.63) is 40.7 Å². The third-order valence-electron chi connectivity index (χ3n) is 4.31. The van der Waals surface area contributed by atoms with Gasteiger partial charge in [-0.2, -0.15) is 5.10 Å². The van der Waals surface area contributed by atoms with E-state index in [1.807, 2.05) is 19.2 Å². The van der Waals surface area contributed by atoms with Crippen molar-refractivity contribution < 1.29 is 14.3 Å². The van der Waals surface area contributed by atoms with Crippen molar-refractivity contribution in [2.45, 2.75) is 18.4 Å². The molecular formula is C18H21ClN4O3S. The number of hydrogen-bond donors (Lipinski definition) is 1. The van der Waals surface area contributed by atoms with Crippen LogP contribution in [0.5, 0.6) is 0 Å². The van der Waals surface area contributed by atoms with Crippen LogP contribution in [0.1, 0.15) is 27.8 Å². The van der Waals surface area contributed by atoms with Gasteiger partial charge in [0.15, 0.2) is 0 Å². The van der Waals surface area contributed by atoms with Crippen LogP contribution in [0.15, 0.2) is 29.3 Å². The number of thioether (sulfide) groups is 1. The van der Waals surface area contributed by atoms with Gasteiger partial charge >= 0.3 is 0 Å². The van der Waals surface area contributed by atoms with Crippen molar-refractivity contribution in [1.82, 2.24) is 14.7 Å². The van der Waals surface area contributed by atoms with Gasteiger partial charge < -0.3 is 15.0 Å². The standard InChI is InChI=1S/C18H21ClN4O3S/c1-3-23-16(18(25)22-6-8-26-9-7-22)15(11-20-23)21-17(24)13-10-12(27-2)4-5-14(13)19/h4-5,10-11H,3,6-9H2,1-2H3,(H,21,24). The van der Waals surface area contributed by atoms with E-state index in [0.717, 1.165) is 4.90 Å². The Labute approximate surface area is 167 Å². The molecule has 0 aliphatic carbocycles. The van der Waals surface area contributed by atoms with Gasteiger partial charge in [-0.3, -0.25) is 14.3 Å². The molecule has 1 aliphatic heterocycles. The molecular weight excluding hydrogens is 388 g/mol. The van der Waals surface area contributed by atoms with E-state index in [9.17, 15) is 9.59 Å². The molecule has 2 aromatic rings. The molecule has 0 unspecified atom stereocenters. The zero-order valence-electron chi connectivity index (χ0n) is 15.2. The molecule has 0 bridgehead atoms. The summed E-state index contributed by atoms with van der Waals surface area (Å²) in [4.78, 5) is 28.4. The minimum atomic E-state index is -0.373. The Hall–Kier alpha value is -2.03. The van der Waals surface area contributed by atoms with E-state index in [0.29, 0.717) is 54.8 Å². The maximum atomic E-state index is 13.0. The summed E-state index contributed by atoms with van der Waals surface area (Å²) < 4.78 is 6.90. The summed E-state index contributed by atoms with van der Waals surface area (Å²) in [5.74, 6) is -0.542. The van der Waals surface area contributed by atoms with Crippen LogP contribution >= 0.6 is 23.4 Å². The average Bonchev–Trinajstić information content (AvgIpc) is 3.10. The minimum Gasteiger partial charge on any atom is -0.378 e. The van der Waals surface area contributed by atoms with Crippen molar-refractivity contribution in [1.29, 1.82) is 0 Å². The number of nitrogens with zero attached hydrogens (tertiary/aromatic N) is 3. The molecule has 1 fully saturated rings. The van der Waals surface area contributed by atoms with Gasteiger partial charge in [0.1, 0.15) is 5.69 Å². The fourth-order valence-electron chi connectivity index (χ4n) is 2.85. The number of ether oxygens (including phenoxy) is 1. The molecule has 144 valence electrons. The SMILES string of the molecule is CCn1ncc(NC(=O)c2cc(SC)ccc2Cl)c1C(=O)N1CCOCC1. The van der Waals surface area contributed by atoms with Crippen LogP contribution in [0.2, 0.25) is 5.02 Å². The number of anilines is 1. The van der Waals surface area contributed by atoms with E-state index in [4.69, 9.17) is 16.3 Å². The highest BCUT2D eigenvalue weighted by Gasteiger charge is 2.26. The smallest absolute Gasteiger partial charge is 0.274 e. The van der Waals surface area contributed by atoms with Crippen LogP contribution in [0.4, 0.5) is 5.69 Å². The molecule has 1 aromatic heterocycles. The molecule has 1 saturated heterocycles. The van der Waals surface area contributed by atoms with E-state index in [-0.39, 0.29) is 11.8 Å². The topological polar surface area (TPSA) is 76.5 Å². The van der Waals surface area contributed by atoms with Crippen LogP contribution in [-0.2, 0) is 11.3 Å². The van der Waals surface area contributed by atoms with Crippen molar-refractivity contribution in [2.75, 3.05) is 37.9 Å². The number of morpholine rings is 1. The van der Waals surface area contributed by atoms with Crippen molar-refractivity contribution >= 4 is 40.9 Å². The first-order valence-electron chi connectivity index (χ1n) is 8.62. The Balaban J connectivity index is 1.88. The number of carbonyl (C=O) groups excluding carboxylic acids is 2. The van der Waals surface area contributed by atoms with Crippen LogP contribution in [0.3, 0.4) is 0 Å². The molecule has 9 heteroatoms. The number of aryl methyl sites for hydroxylation is 1. The van der Waals surface area contributed by atoms with Gasteiger partial charge in [0.2, 0.25) is 0 Å². The maximum Gasteiger partial charge on any atom is 0.274 e. The molecule has 0 atom stereocenters. The first kappa shape index (κ1) is 19.7. The third-order valence-corrected chi connectivity index (χ3v) is 5.36. The summed E-state index contributed by atoms with van der Waals surface area (Å²) in [7, 11) is 0. The van der Waals surface area contributed by atoms with Gasteiger partial charge in [-0.1, -0.05) is 11.6 Å². The first-order valence-corrected chi connectivity index (χ1v) is 10.2. The normalized spacial score (nSPS) is 14.3. The third kappa shape index (κ3) is 4.28. The summed E-state index contributed by atoms with van der Waals surface area (Å²) in [5, 5.41) is 7.39. The molecule has 0 spiro atoms. The molecule has 2 heterocycles. The molecule has 27 heavy (non-hydrogen) atoms. The lowest BCUT2D eigenvalue weighted by atomic mass is 10.2. The summed E-state index contributed by atoms with van der Waals surface area (Å²) in [5.41, 5.74) is 1.10. The second kappa shape index (κ2) is 8.77. The zero-order chi connectivity index (χ0) is 19.4. The van der Waals surface area contributed by atoms with Gasteiger partial charge in [0.05, 0.1) is 35.7 Å². The van der Waals surface area contributed by atoms with Gasteiger partial charge in [0, 0.05) is 24.5 Å². The first-order chi connectivity index (χ1) is 13.0. The number of amides is 2. The lowest BCUT2D eigenvalue weighted by molar-refractivity contribution is 0.0295.